The number of carbonyl (C=O) groups excluding carboxylic acids is 2. The Morgan fingerprint density at radius 2 is 1.83 bits per heavy atom. The van der Waals surface area contributed by atoms with Crippen LogP contribution in [0.5, 0.6) is 0 Å². The number of esters is 1. The summed E-state index contributed by atoms with van der Waals surface area (Å²) >= 11 is 0. The summed E-state index contributed by atoms with van der Waals surface area (Å²) in [6.07, 6.45) is 3.94. The lowest BCUT2D eigenvalue weighted by molar-refractivity contribution is -0.155. The lowest BCUT2D eigenvalue weighted by Crippen LogP contribution is -2.46. The molecule has 1 amide bonds. The van der Waals surface area contributed by atoms with Crippen molar-refractivity contribution in [1.29, 1.82) is 0 Å². The van der Waals surface area contributed by atoms with E-state index in [1.807, 2.05) is 18.2 Å². The monoisotopic (exact) mass is 330 g/mol. The van der Waals surface area contributed by atoms with E-state index in [2.05, 4.69) is 22.3 Å². The first-order chi connectivity index (χ1) is 11.7. The lowest BCUT2D eigenvalue weighted by atomic mass is 9.73. The number of ether oxygens (including phenoxy) is 1. The van der Waals surface area contributed by atoms with E-state index < -0.39 is 0 Å². The van der Waals surface area contributed by atoms with E-state index >= 15 is 0 Å². The van der Waals surface area contributed by atoms with Gasteiger partial charge in [-0.2, -0.15) is 0 Å². The molecule has 0 radical (unpaired) electrons. The van der Waals surface area contributed by atoms with Crippen molar-refractivity contribution >= 4 is 11.9 Å². The van der Waals surface area contributed by atoms with Crippen LogP contribution >= 0.6 is 0 Å². The van der Waals surface area contributed by atoms with Gasteiger partial charge < -0.3 is 10.1 Å². The molecule has 1 heterocycles. The predicted molar refractivity (Wildman–Crippen MR) is 91.2 cm³/mol. The van der Waals surface area contributed by atoms with Crippen molar-refractivity contribution in [2.75, 3.05) is 26.7 Å². The topological polar surface area (TPSA) is 58.6 Å². The Balaban J connectivity index is 1.61. The van der Waals surface area contributed by atoms with Gasteiger partial charge in [0.1, 0.15) is 0 Å². The second kappa shape index (κ2) is 7.79. The van der Waals surface area contributed by atoms with E-state index in [0.29, 0.717) is 6.54 Å². The van der Waals surface area contributed by atoms with Gasteiger partial charge in [0.25, 0.3) is 0 Å². The third-order valence-electron chi connectivity index (χ3n) is 5.35. The highest BCUT2D eigenvalue weighted by atomic mass is 16.5. The van der Waals surface area contributed by atoms with Gasteiger partial charge in [0.2, 0.25) is 5.91 Å². The summed E-state index contributed by atoms with van der Waals surface area (Å²) < 4.78 is 4.78. The number of nitrogens with one attached hydrogen (secondary N) is 1. The van der Waals surface area contributed by atoms with Crippen LogP contribution in [-0.4, -0.2) is 43.5 Å². The average Bonchev–Trinajstić information content (AvgIpc) is 3.09. The first kappa shape index (κ1) is 17.0. The summed E-state index contributed by atoms with van der Waals surface area (Å²) in [6, 6.07) is 10.5. The standard InChI is InChI=1S/C19H26N2O3/c1-24-19(23)16-10-9-15(16)18(22)20-13-17(21-11-5-6-12-21)14-7-3-2-4-8-14/h2-4,7-8,15-17H,5-6,9-13H2,1H3,(H,20,22). The third kappa shape index (κ3) is 3.61. The summed E-state index contributed by atoms with van der Waals surface area (Å²) in [7, 11) is 1.38. The van der Waals surface area contributed by atoms with Gasteiger partial charge in [0.05, 0.1) is 25.0 Å². The van der Waals surface area contributed by atoms with Crippen LogP contribution in [0.15, 0.2) is 30.3 Å². The highest BCUT2D eigenvalue weighted by Crippen LogP contribution is 2.35. The van der Waals surface area contributed by atoms with Crippen molar-refractivity contribution in [3.05, 3.63) is 35.9 Å². The minimum Gasteiger partial charge on any atom is -0.469 e. The maximum atomic E-state index is 12.5. The van der Waals surface area contributed by atoms with Crippen LogP contribution in [0.1, 0.15) is 37.3 Å². The molecule has 0 aromatic heterocycles. The molecule has 1 saturated carbocycles. The minimum absolute atomic E-state index is 0.0169. The first-order valence-electron chi connectivity index (χ1n) is 8.85. The number of hydrogen-bond donors (Lipinski definition) is 1. The van der Waals surface area contributed by atoms with Crippen molar-refractivity contribution in [3.63, 3.8) is 0 Å². The second-order valence-electron chi connectivity index (χ2n) is 6.73. The van der Waals surface area contributed by atoms with Crippen LogP contribution < -0.4 is 5.32 Å². The SMILES string of the molecule is COC(=O)C1CCC1C(=O)NCC(c1ccccc1)N1CCCC1. The number of rotatable bonds is 6. The van der Waals surface area contributed by atoms with Gasteiger partial charge in [-0.05, 0) is 44.3 Å². The fourth-order valence-corrected chi connectivity index (χ4v) is 3.76. The molecule has 0 spiro atoms. The number of methoxy groups -OCH3 is 1. The van der Waals surface area contributed by atoms with Crippen molar-refractivity contribution in [2.24, 2.45) is 11.8 Å². The zero-order valence-corrected chi connectivity index (χ0v) is 14.2. The summed E-state index contributed by atoms with van der Waals surface area (Å²) in [4.78, 5) is 26.6. The van der Waals surface area contributed by atoms with E-state index in [9.17, 15) is 9.59 Å². The molecule has 3 unspecified atom stereocenters. The van der Waals surface area contributed by atoms with E-state index in [4.69, 9.17) is 4.74 Å². The Labute approximate surface area is 143 Å². The summed E-state index contributed by atoms with van der Waals surface area (Å²) in [5, 5.41) is 3.08. The molecule has 5 nitrogen and oxygen atoms in total. The Kier molecular flexibility index (Phi) is 5.51. The number of amides is 1. The molecule has 3 atom stereocenters. The summed E-state index contributed by atoms with van der Waals surface area (Å²) in [5.74, 6) is -0.776. The van der Waals surface area contributed by atoms with Gasteiger partial charge in [0, 0.05) is 6.54 Å². The molecule has 1 aromatic rings. The molecular weight excluding hydrogens is 304 g/mol. The van der Waals surface area contributed by atoms with Crippen LogP contribution in [0, 0.1) is 11.8 Å². The Bertz CT molecular complexity index is 569. The molecule has 24 heavy (non-hydrogen) atoms. The Morgan fingerprint density at radius 3 is 2.42 bits per heavy atom. The number of benzene rings is 1. The molecule has 3 rings (SSSR count). The summed E-state index contributed by atoms with van der Waals surface area (Å²) in [5.41, 5.74) is 1.23. The van der Waals surface area contributed by atoms with Crippen molar-refractivity contribution < 1.29 is 14.3 Å². The van der Waals surface area contributed by atoms with Gasteiger partial charge in [-0.25, -0.2) is 0 Å². The maximum absolute atomic E-state index is 12.5. The Hall–Kier alpha value is -1.88. The zero-order valence-electron chi connectivity index (χ0n) is 14.2. The number of hydrogen-bond acceptors (Lipinski definition) is 4. The van der Waals surface area contributed by atoms with Gasteiger partial charge >= 0.3 is 5.97 Å². The molecule has 2 aliphatic rings. The van der Waals surface area contributed by atoms with Crippen LogP contribution in [0.4, 0.5) is 0 Å². The molecule has 1 aliphatic carbocycles. The molecular formula is C19H26N2O3. The largest absolute Gasteiger partial charge is 0.469 e. The molecule has 2 fully saturated rings. The molecule has 130 valence electrons. The smallest absolute Gasteiger partial charge is 0.309 e. The molecule has 1 N–H and O–H groups in total. The molecule has 0 bridgehead atoms. The normalized spacial score (nSPS) is 24.9. The fraction of sp³-hybridized carbons (Fsp3) is 0.579. The number of nitrogens with zero attached hydrogens (tertiary/aromatic N) is 1. The van der Waals surface area contributed by atoms with Gasteiger partial charge in [-0.15, -0.1) is 0 Å². The maximum Gasteiger partial charge on any atom is 0.309 e. The highest BCUT2D eigenvalue weighted by Gasteiger charge is 2.42. The zero-order chi connectivity index (χ0) is 16.9. The van der Waals surface area contributed by atoms with Crippen LogP contribution in [-0.2, 0) is 14.3 Å². The minimum atomic E-state index is -0.267. The van der Waals surface area contributed by atoms with Crippen molar-refractivity contribution in [1.82, 2.24) is 10.2 Å². The van der Waals surface area contributed by atoms with Crippen LogP contribution in [0.2, 0.25) is 0 Å². The first-order valence-corrected chi connectivity index (χ1v) is 8.85. The molecule has 1 saturated heterocycles. The van der Waals surface area contributed by atoms with Gasteiger partial charge in [-0.1, -0.05) is 30.3 Å². The van der Waals surface area contributed by atoms with Crippen molar-refractivity contribution in [2.45, 2.75) is 31.7 Å². The fourth-order valence-electron chi connectivity index (χ4n) is 3.76. The molecule has 5 heteroatoms. The number of carbonyl (C=O) groups is 2. The molecule has 1 aliphatic heterocycles. The lowest BCUT2D eigenvalue weighted by Gasteiger charge is -2.34. The molecule has 1 aromatic carbocycles. The van der Waals surface area contributed by atoms with E-state index in [0.717, 1.165) is 25.9 Å². The van der Waals surface area contributed by atoms with Crippen molar-refractivity contribution in [3.8, 4) is 0 Å². The van der Waals surface area contributed by atoms with E-state index in [1.54, 1.807) is 0 Å². The van der Waals surface area contributed by atoms with Crippen LogP contribution in [0.25, 0.3) is 0 Å². The summed E-state index contributed by atoms with van der Waals surface area (Å²) in [6.45, 7) is 2.74. The third-order valence-corrected chi connectivity index (χ3v) is 5.35. The quantitative estimate of drug-likeness (QED) is 0.812. The number of likely N-dealkylation sites (tertiary alicyclic amines) is 1. The second-order valence-corrected chi connectivity index (χ2v) is 6.73. The highest BCUT2D eigenvalue weighted by molar-refractivity contribution is 5.86. The van der Waals surface area contributed by atoms with E-state index in [1.165, 1.54) is 25.5 Å². The predicted octanol–water partition coefficient (Wildman–Crippen LogP) is 2.14. The van der Waals surface area contributed by atoms with Crippen LogP contribution in [0.3, 0.4) is 0 Å². The average molecular weight is 330 g/mol. The van der Waals surface area contributed by atoms with Gasteiger partial charge in [-0.3, -0.25) is 14.5 Å². The van der Waals surface area contributed by atoms with Gasteiger partial charge in [0.15, 0.2) is 0 Å². The van der Waals surface area contributed by atoms with E-state index in [-0.39, 0.29) is 29.8 Å². The Morgan fingerprint density at radius 1 is 1.17 bits per heavy atom.